The van der Waals surface area contributed by atoms with Gasteiger partial charge >= 0.3 is 5.97 Å². The molecule has 2 atom stereocenters. The Morgan fingerprint density at radius 2 is 0.586 bits per heavy atom. The molecule has 6 nitrogen and oxygen atoms in total. The third-order valence-corrected chi connectivity index (χ3v) is 15.4. The summed E-state index contributed by atoms with van der Waals surface area (Å²) >= 11 is 0. The SMILES string of the molecule is CCCCCCCCCCCCCCCCCCCCCCCCC(O)C(CO)NC(=O)CCCCCCCCCCCCCCCOC(=O)CCCCCCCCCCCCCCCCCCCC. The van der Waals surface area contributed by atoms with E-state index < -0.39 is 12.1 Å². The summed E-state index contributed by atoms with van der Waals surface area (Å²) in [5.41, 5.74) is 0. The van der Waals surface area contributed by atoms with Gasteiger partial charge in [-0.1, -0.05) is 335 Å². The Balaban J connectivity index is 3.41. The standard InChI is InChI=1S/C64H127NO5/c1-3-5-7-9-11-13-15-17-19-21-23-24-25-26-27-29-32-36-40-44-48-52-56-62(67)61(60-66)65-63(68)57-53-49-45-41-37-33-31-35-39-43-47-51-55-59-70-64(69)58-54-50-46-42-38-34-30-28-22-20-18-16-14-12-10-8-6-4-2/h61-62,66-67H,3-60H2,1-2H3,(H,65,68). The fourth-order valence-corrected chi connectivity index (χ4v) is 10.5. The van der Waals surface area contributed by atoms with Gasteiger partial charge in [0.15, 0.2) is 0 Å². The molecule has 6 heteroatoms. The summed E-state index contributed by atoms with van der Waals surface area (Å²) in [5.74, 6) is -0.0416. The second-order valence-corrected chi connectivity index (χ2v) is 22.5. The maximum Gasteiger partial charge on any atom is 0.305 e. The van der Waals surface area contributed by atoms with E-state index in [1.165, 1.54) is 289 Å². The topological polar surface area (TPSA) is 95.9 Å². The van der Waals surface area contributed by atoms with Crippen LogP contribution in [0.4, 0.5) is 0 Å². The number of hydrogen-bond donors (Lipinski definition) is 3. The van der Waals surface area contributed by atoms with Crippen LogP contribution in [0.15, 0.2) is 0 Å². The second-order valence-electron chi connectivity index (χ2n) is 22.5. The Bertz CT molecular complexity index is 1010. The minimum absolute atomic E-state index is 0.000725. The zero-order valence-corrected chi connectivity index (χ0v) is 47.8. The Morgan fingerprint density at radius 1 is 0.343 bits per heavy atom. The highest BCUT2D eigenvalue weighted by Gasteiger charge is 2.20. The molecule has 0 saturated heterocycles. The van der Waals surface area contributed by atoms with Crippen molar-refractivity contribution >= 4 is 11.9 Å². The molecule has 0 bridgehead atoms. The highest BCUT2D eigenvalue weighted by molar-refractivity contribution is 5.76. The van der Waals surface area contributed by atoms with Gasteiger partial charge < -0.3 is 20.3 Å². The van der Waals surface area contributed by atoms with Crippen molar-refractivity contribution in [3.63, 3.8) is 0 Å². The van der Waals surface area contributed by atoms with Crippen molar-refractivity contribution in [1.82, 2.24) is 5.32 Å². The van der Waals surface area contributed by atoms with Crippen molar-refractivity contribution < 1.29 is 24.5 Å². The number of amides is 1. The van der Waals surface area contributed by atoms with E-state index in [9.17, 15) is 19.8 Å². The van der Waals surface area contributed by atoms with Crippen molar-refractivity contribution in [2.75, 3.05) is 13.2 Å². The van der Waals surface area contributed by atoms with Gasteiger partial charge in [-0.2, -0.15) is 0 Å². The molecule has 0 spiro atoms. The summed E-state index contributed by atoms with van der Waals surface area (Å²) in [6, 6.07) is -0.551. The highest BCUT2D eigenvalue weighted by atomic mass is 16.5. The molecule has 0 aromatic carbocycles. The number of rotatable bonds is 61. The van der Waals surface area contributed by atoms with Gasteiger partial charge in [0.05, 0.1) is 25.4 Å². The predicted molar refractivity (Wildman–Crippen MR) is 306 cm³/mol. The molecule has 0 aliphatic rings. The largest absolute Gasteiger partial charge is 0.466 e. The number of hydrogen-bond acceptors (Lipinski definition) is 5. The average molecular weight is 991 g/mol. The van der Waals surface area contributed by atoms with Crippen LogP contribution in [0.1, 0.15) is 373 Å². The third kappa shape index (κ3) is 56.2. The Hall–Kier alpha value is -1.14. The monoisotopic (exact) mass is 990 g/mol. The van der Waals surface area contributed by atoms with E-state index in [-0.39, 0.29) is 18.5 Å². The summed E-state index contributed by atoms with van der Waals surface area (Å²) in [7, 11) is 0. The number of esters is 1. The van der Waals surface area contributed by atoms with E-state index in [0.717, 1.165) is 51.4 Å². The van der Waals surface area contributed by atoms with E-state index in [1.54, 1.807) is 0 Å². The van der Waals surface area contributed by atoms with Crippen LogP contribution in [0.3, 0.4) is 0 Å². The first kappa shape index (κ1) is 68.9. The molecule has 0 aliphatic carbocycles. The van der Waals surface area contributed by atoms with Crippen LogP contribution in [0.5, 0.6) is 0 Å². The number of carbonyl (C=O) groups excluding carboxylic acids is 2. The molecule has 0 radical (unpaired) electrons. The molecule has 3 N–H and O–H groups in total. The predicted octanol–water partition coefficient (Wildman–Crippen LogP) is 20.3. The lowest BCUT2D eigenvalue weighted by Gasteiger charge is -2.22. The first-order valence-electron chi connectivity index (χ1n) is 32.3. The summed E-state index contributed by atoms with van der Waals surface area (Å²) in [6.07, 6.45) is 71.1. The van der Waals surface area contributed by atoms with E-state index in [0.29, 0.717) is 25.9 Å². The third-order valence-electron chi connectivity index (χ3n) is 15.4. The molecule has 0 saturated carbocycles. The molecule has 0 rings (SSSR count). The van der Waals surface area contributed by atoms with Crippen LogP contribution in [0, 0.1) is 0 Å². The van der Waals surface area contributed by atoms with Crippen LogP contribution in [0.2, 0.25) is 0 Å². The fourth-order valence-electron chi connectivity index (χ4n) is 10.5. The fraction of sp³-hybridized carbons (Fsp3) is 0.969. The quantitative estimate of drug-likeness (QED) is 0.0417. The van der Waals surface area contributed by atoms with Gasteiger partial charge in [0.2, 0.25) is 5.91 Å². The van der Waals surface area contributed by atoms with Crippen molar-refractivity contribution in [2.45, 2.75) is 386 Å². The number of carbonyl (C=O) groups is 2. The van der Waals surface area contributed by atoms with E-state index in [2.05, 4.69) is 19.2 Å². The lowest BCUT2D eigenvalue weighted by molar-refractivity contribution is -0.143. The first-order chi connectivity index (χ1) is 34.5. The number of nitrogens with one attached hydrogen (secondary N) is 1. The van der Waals surface area contributed by atoms with E-state index in [1.807, 2.05) is 0 Å². The summed E-state index contributed by atoms with van der Waals surface area (Å²) in [5, 5.41) is 23.4. The van der Waals surface area contributed by atoms with Gasteiger partial charge in [0, 0.05) is 12.8 Å². The lowest BCUT2D eigenvalue weighted by Crippen LogP contribution is -2.45. The molecular formula is C64H127NO5. The number of aliphatic hydroxyl groups is 2. The smallest absolute Gasteiger partial charge is 0.305 e. The highest BCUT2D eigenvalue weighted by Crippen LogP contribution is 2.19. The molecule has 2 unspecified atom stereocenters. The van der Waals surface area contributed by atoms with E-state index >= 15 is 0 Å². The Labute approximate surface area is 438 Å². The molecule has 70 heavy (non-hydrogen) atoms. The van der Waals surface area contributed by atoms with Gasteiger partial charge in [-0.3, -0.25) is 9.59 Å². The maximum atomic E-state index is 12.5. The zero-order chi connectivity index (χ0) is 50.7. The van der Waals surface area contributed by atoms with Crippen molar-refractivity contribution in [1.29, 1.82) is 0 Å². The van der Waals surface area contributed by atoms with E-state index in [4.69, 9.17) is 4.74 Å². The summed E-state index contributed by atoms with van der Waals surface area (Å²) in [4.78, 5) is 24.6. The Morgan fingerprint density at radius 3 is 0.871 bits per heavy atom. The summed E-state index contributed by atoms with van der Waals surface area (Å²) in [6.45, 7) is 4.97. The van der Waals surface area contributed by atoms with Gasteiger partial charge in [-0.05, 0) is 25.7 Å². The van der Waals surface area contributed by atoms with Gasteiger partial charge in [-0.25, -0.2) is 0 Å². The average Bonchev–Trinajstić information content (AvgIpc) is 3.36. The van der Waals surface area contributed by atoms with Crippen LogP contribution in [-0.2, 0) is 14.3 Å². The number of aliphatic hydroxyl groups excluding tert-OH is 2. The molecule has 0 aromatic rings. The van der Waals surface area contributed by atoms with Crippen LogP contribution in [0.25, 0.3) is 0 Å². The molecular weight excluding hydrogens is 863 g/mol. The molecule has 0 aromatic heterocycles. The van der Waals surface area contributed by atoms with Gasteiger partial charge in [0.1, 0.15) is 0 Å². The second kappa shape index (κ2) is 60.4. The molecule has 0 heterocycles. The number of unbranched alkanes of at least 4 members (excludes halogenated alkanes) is 50. The molecule has 1 amide bonds. The normalized spacial score (nSPS) is 12.5. The zero-order valence-electron chi connectivity index (χ0n) is 47.8. The summed E-state index contributed by atoms with van der Waals surface area (Å²) < 4.78 is 5.49. The van der Waals surface area contributed by atoms with Crippen LogP contribution in [-0.4, -0.2) is 47.4 Å². The Kier molecular flexibility index (Phi) is 59.4. The maximum absolute atomic E-state index is 12.5. The minimum atomic E-state index is -0.673. The minimum Gasteiger partial charge on any atom is -0.466 e. The van der Waals surface area contributed by atoms with Crippen molar-refractivity contribution in [2.24, 2.45) is 0 Å². The van der Waals surface area contributed by atoms with Crippen molar-refractivity contribution in [3.05, 3.63) is 0 Å². The molecule has 0 fully saturated rings. The van der Waals surface area contributed by atoms with Gasteiger partial charge in [-0.15, -0.1) is 0 Å². The molecule has 0 aliphatic heterocycles. The molecule has 418 valence electrons. The van der Waals surface area contributed by atoms with Crippen molar-refractivity contribution in [3.8, 4) is 0 Å². The van der Waals surface area contributed by atoms with Crippen LogP contribution < -0.4 is 5.32 Å². The first-order valence-corrected chi connectivity index (χ1v) is 32.3. The van der Waals surface area contributed by atoms with Gasteiger partial charge in [0.25, 0.3) is 0 Å². The lowest BCUT2D eigenvalue weighted by atomic mass is 10.0. The number of ether oxygens (including phenoxy) is 1. The van der Waals surface area contributed by atoms with Crippen LogP contribution >= 0.6 is 0 Å².